The van der Waals surface area contributed by atoms with Crippen molar-refractivity contribution in [1.82, 2.24) is 5.32 Å². The van der Waals surface area contributed by atoms with Crippen molar-refractivity contribution in [2.24, 2.45) is 0 Å². The number of nitrogens with two attached hydrogens (primary N) is 1. The molecule has 0 saturated carbocycles. The van der Waals surface area contributed by atoms with Crippen LogP contribution in [0.2, 0.25) is 0 Å². The molecule has 0 bridgehead atoms. The fourth-order valence-corrected chi connectivity index (χ4v) is 3.03. The number of rotatable bonds is 3. The molecule has 0 saturated heterocycles. The SMILES string of the molecule is COc1ccc(C(=O)NC2CCCc3cc(N)ccc32)c(F)c1.Cl. The van der Waals surface area contributed by atoms with E-state index in [9.17, 15) is 9.18 Å². The molecule has 0 spiro atoms. The molecule has 3 N–H and O–H groups in total. The predicted octanol–water partition coefficient (Wildman–Crippen LogP) is 3.65. The minimum absolute atomic E-state index is 0. The second-order valence-electron chi connectivity index (χ2n) is 5.72. The molecule has 0 radical (unpaired) electrons. The number of methoxy groups -OCH3 is 1. The number of carbonyl (C=O) groups is 1. The van der Waals surface area contributed by atoms with Gasteiger partial charge in [0.25, 0.3) is 5.91 Å². The molecule has 1 aliphatic carbocycles. The Morgan fingerprint density at radius 3 is 2.79 bits per heavy atom. The van der Waals surface area contributed by atoms with Crippen LogP contribution in [-0.4, -0.2) is 13.0 Å². The van der Waals surface area contributed by atoms with Crippen LogP contribution in [0.15, 0.2) is 36.4 Å². The lowest BCUT2D eigenvalue weighted by molar-refractivity contribution is 0.0928. The lowest BCUT2D eigenvalue weighted by atomic mass is 9.87. The highest BCUT2D eigenvalue weighted by atomic mass is 35.5. The summed E-state index contributed by atoms with van der Waals surface area (Å²) in [7, 11) is 1.46. The van der Waals surface area contributed by atoms with Gasteiger partial charge in [-0.05, 0) is 54.7 Å². The molecule has 2 aromatic carbocycles. The number of anilines is 1. The second-order valence-corrected chi connectivity index (χ2v) is 5.72. The molecule has 3 rings (SSSR count). The quantitative estimate of drug-likeness (QED) is 0.830. The molecule has 128 valence electrons. The Labute approximate surface area is 146 Å². The minimum Gasteiger partial charge on any atom is -0.497 e. The molecule has 1 aliphatic rings. The Kier molecular flexibility index (Phi) is 5.67. The second kappa shape index (κ2) is 7.53. The van der Waals surface area contributed by atoms with Gasteiger partial charge in [-0.25, -0.2) is 4.39 Å². The van der Waals surface area contributed by atoms with Crippen molar-refractivity contribution in [1.29, 1.82) is 0 Å². The van der Waals surface area contributed by atoms with E-state index in [1.165, 1.54) is 19.2 Å². The number of benzene rings is 2. The largest absolute Gasteiger partial charge is 0.497 e. The van der Waals surface area contributed by atoms with Crippen molar-refractivity contribution in [3.8, 4) is 5.75 Å². The van der Waals surface area contributed by atoms with E-state index in [-0.39, 0.29) is 24.0 Å². The molecule has 1 unspecified atom stereocenters. The van der Waals surface area contributed by atoms with Gasteiger partial charge in [-0.1, -0.05) is 6.07 Å². The third kappa shape index (κ3) is 3.62. The molecule has 0 aliphatic heterocycles. The molecular formula is C18H20ClFN2O2. The molecule has 1 atom stereocenters. The molecule has 0 aromatic heterocycles. The van der Waals surface area contributed by atoms with Gasteiger partial charge >= 0.3 is 0 Å². The number of halogens is 2. The number of hydrogen-bond donors (Lipinski definition) is 2. The Morgan fingerprint density at radius 2 is 2.08 bits per heavy atom. The monoisotopic (exact) mass is 350 g/mol. The highest BCUT2D eigenvalue weighted by molar-refractivity contribution is 5.95. The molecular weight excluding hydrogens is 331 g/mol. The summed E-state index contributed by atoms with van der Waals surface area (Å²) in [4.78, 5) is 12.4. The Hall–Kier alpha value is -2.27. The third-order valence-corrected chi connectivity index (χ3v) is 4.21. The zero-order valence-electron chi connectivity index (χ0n) is 13.3. The predicted molar refractivity (Wildman–Crippen MR) is 94.2 cm³/mol. The summed E-state index contributed by atoms with van der Waals surface area (Å²) in [5, 5.41) is 2.93. The van der Waals surface area contributed by atoms with Crippen molar-refractivity contribution < 1.29 is 13.9 Å². The van der Waals surface area contributed by atoms with Crippen molar-refractivity contribution in [2.45, 2.75) is 25.3 Å². The molecule has 0 heterocycles. The van der Waals surface area contributed by atoms with Crippen LogP contribution in [0.1, 0.15) is 40.4 Å². The van der Waals surface area contributed by atoms with Gasteiger partial charge in [-0.15, -0.1) is 12.4 Å². The first-order valence-electron chi connectivity index (χ1n) is 7.61. The van der Waals surface area contributed by atoms with Crippen LogP contribution in [0.3, 0.4) is 0 Å². The third-order valence-electron chi connectivity index (χ3n) is 4.21. The van der Waals surface area contributed by atoms with E-state index >= 15 is 0 Å². The summed E-state index contributed by atoms with van der Waals surface area (Å²) in [5.41, 5.74) is 8.77. The van der Waals surface area contributed by atoms with Crippen LogP contribution < -0.4 is 15.8 Å². The lowest BCUT2D eigenvalue weighted by Crippen LogP contribution is -2.31. The smallest absolute Gasteiger partial charge is 0.254 e. The summed E-state index contributed by atoms with van der Waals surface area (Å²) in [6.07, 6.45) is 2.75. The zero-order chi connectivity index (χ0) is 16.4. The Morgan fingerprint density at radius 1 is 1.29 bits per heavy atom. The van der Waals surface area contributed by atoms with Gasteiger partial charge in [0.05, 0.1) is 18.7 Å². The van der Waals surface area contributed by atoms with E-state index in [1.54, 1.807) is 6.07 Å². The molecule has 2 aromatic rings. The van der Waals surface area contributed by atoms with Crippen LogP contribution >= 0.6 is 12.4 Å². The maximum atomic E-state index is 14.0. The molecule has 0 fully saturated rings. The van der Waals surface area contributed by atoms with Gasteiger partial charge in [0, 0.05) is 11.8 Å². The fraction of sp³-hybridized carbons (Fsp3) is 0.278. The number of nitrogens with one attached hydrogen (secondary N) is 1. The van der Waals surface area contributed by atoms with Crippen molar-refractivity contribution in [3.63, 3.8) is 0 Å². The Bertz CT molecular complexity index is 752. The van der Waals surface area contributed by atoms with Gasteiger partial charge in [0.2, 0.25) is 0 Å². The maximum Gasteiger partial charge on any atom is 0.254 e. The summed E-state index contributed by atoms with van der Waals surface area (Å²) in [6.45, 7) is 0. The standard InChI is InChI=1S/C18H19FN2O2.ClH/c1-23-13-6-8-15(16(19)10-13)18(22)21-17-4-2-3-11-9-12(20)5-7-14(11)17;/h5-10,17H,2-4,20H2,1H3,(H,21,22);1H. The summed E-state index contributed by atoms with van der Waals surface area (Å²) < 4.78 is 19.0. The number of amides is 1. The molecule has 24 heavy (non-hydrogen) atoms. The highest BCUT2D eigenvalue weighted by Crippen LogP contribution is 2.31. The number of carbonyl (C=O) groups excluding carboxylic acids is 1. The van der Waals surface area contributed by atoms with Crippen LogP contribution in [0, 0.1) is 5.82 Å². The van der Waals surface area contributed by atoms with Crippen LogP contribution in [0.25, 0.3) is 0 Å². The van der Waals surface area contributed by atoms with E-state index in [4.69, 9.17) is 10.5 Å². The van der Waals surface area contributed by atoms with E-state index in [1.807, 2.05) is 18.2 Å². The average molecular weight is 351 g/mol. The van der Waals surface area contributed by atoms with Crippen LogP contribution in [-0.2, 0) is 6.42 Å². The van der Waals surface area contributed by atoms with E-state index in [2.05, 4.69) is 5.32 Å². The lowest BCUT2D eigenvalue weighted by Gasteiger charge is -2.26. The number of aryl methyl sites for hydroxylation is 1. The first-order chi connectivity index (χ1) is 11.1. The van der Waals surface area contributed by atoms with E-state index in [0.717, 1.165) is 36.1 Å². The van der Waals surface area contributed by atoms with E-state index < -0.39 is 11.7 Å². The van der Waals surface area contributed by atoms with Gasteiger partial charge in [0.1, 0.15) is 11.6 Å². The van der Waals surface area contributed by atoms with Gasteiger partial charge in [-0.2, -0.15) is 0 Å². The average Bonchev–Trinajstić information content (AvgIpc) is 2.54. The van der Waals surface area contributed by atoms with Crippen molar-refractivity contribution in [2.75, 3.05) is 12.8 Å². The van der Waals surface area contributed by atoms with Gasteiger partial charge in [-0.3, -0.25) is 4.79 Å². The number of hydrogen-bond acceptors (Lipinski definition) is 3. The fourth-order valence-electron chi connectivity index (χ4n) is 3.03. The molecule has 4 nitrogen and oxygen atoms in total. The van der Waals surface area contributed by atoms with Gasteiger partial charge in [0.15, 0.2) is 0 Å². The topological polar surface area (TPSA) is 64.3 Å². The first-order valence-corrected chi connectivity index (χ1v) is 7.61. The normalized spacial score (nSPS) is 15.8. The maximum absolute atomic E-state index is 14.0. The molecule has 1 amide bonds. The number of nitrogen functional groups attached to an aromatic ring is 1. The van der Waals surface area contributed by atoms with Gasteiger partial charge < -0.3 is 15.8 Å². The molecule has 6 heteroatoms. The zero-order valence-corrected chi connectivity index (χ0v) is 14.2. The summed E-state index contributed by atoms with van der Waals surface area (Å²) >= 11 is 0. The van der Waals surface area contributed by atoms with Crippen molar-refractivity contribution >= 4 is 24.0 Å². The number of fused-ring (bicyclic) bond motifs is 1. The van der Waals surface area contributed by atoms with Crippen LogP contribution in [0.4, 0.5) is 10.1 Å². The van der Waals surface area contributed by atoms with E-state index in [0.29, 0.717) is 5.75 Å². The minimum atomic E-state index is -0.588. The first kappa shape index (κ1) is 18.1. The number of ether oxygens (including phenoxy) is 1. The van der Waals surface area contributed by atoms with Crippen LogP contribution in [0.5, 0.6) is 5.75 Å². The van der Waals surface area contributed by atoms with Crippen molar-refractivity contribution in [3.05, 3.63) is 58.9 Å². The highest BCUT2D eigenvalue weighted by Gasteiger charge is 2.23. The Balaban J connectivity index is 0.00000208. The summed E-state index contributed by atoms with van der Waals surface area (Å²) in [5.74, 6) is -0.618. The summed E-state index contributed by atoms with van der Waals surface area (Å²) in [6, 6.07) is 9.83.